The maximum Gasteiger partial charge on any atom is 0.416 e. The Morgan fingerprint density at radius 1 is 1.32 bits per heavy atom. The van der Waals surface area contributed by atoms with Crippen molar-refractivity contribution < 1.29 is 27.4 Å². The molecular formula is C16H16F3N3O3. The van der Waals surface area contributed by atoms with E-state index in [1.54, 1.807) is 13.8 Å². The molecule has 0 atom stereocenters. The van der Waals surface area contributed by atoms with Crippen molar-refractivity contribution in [3.8, 4) is 17.1 Å². The lowest BCUT2D eigenvalue weighted by Crippen LogP contribution is -2.08. The van der Waals surface area contributed by atoms with Gasteiger partial charge in [0.15, 0.2) is 5.82 Å². The van der Waals surface area contributed by atoms with Gasteiger partial charge in [-0.25, -0.2) is 14.5 Å². The van der Waals surface area contributed by atoms with Crippen LogP contribution in [-0.2, 0) is 15.7 Å². The summed E-state index contributed by atoms with van der Waals surface area (Å²) in [5, 5.41) is 4.08. The summed E-state index contributed by atoms with van der Waals surface area (Å²) in [5.74, 6) is -0.387. The quantitative estimate of drug-likeness (QED) is 0.608. The van der Waals surface area contributed by atoms with E-state index in [1.165, 1.54) is 36.5 Å². The van der Waals surface area contributed by atoms with E-state index in [0.717, 1.165) is 12.1 Å². The highest BCUT2D eigenvalue weighted by atomic mass is 19.4. The van der Waals surface area contributed by atoms with Crippen LogP contribution in [0.1, 0.15) is 19.4 Å². The molecule has 1 heterocycles. The van der Waals surface area contributed by atoms with Gasteiger partial charge in [-0.2, -0.15) is 13.2 Å². The van der Waals surface area contributed by atoms with Crippen LogP contribution in [0.25, 0.3) is 17.6 Å². The largest absolute Gasteiger partial charge is 0.496 e. The maximum absolute atomic E-state index is 12.8. The number of halogens is 3. The molecule has 2 aromatic rings. The molecular weight excluding hydrogens is 339 g/mol. The van der Waals surface area contributed by atoms with Crippen LogP contribution in [0.15, 0.2) is 30.6 Å². The fourth-order valence-corrected chi connectivity index (χ4v) is 1.93. The average molecular weight is 355 g/mol. The molecule has 0 radical (unpaired) electrons. The standard InChI is InChI=1S/C16H16F3N3O3/c1-10(2)25-14(23)6-7-22-9-20-15(21-22)12-5-4-11(16(17,18)19)8-13(12)24-3/h4-10H,1-3H3. The minimum atomic E-state index is -4.47. The van der Waals surface area contributed by atoms with Gasteiger partial charge in [0.1, 0.15) is 12.1 Å². The van der Waals surface area contributed by atoms with E-state index in [2.05, 4.69) is 10.1 Å². The number of ether oxygens (including phenoxy) is 2. The topological polar surface area (TPSA) is 66.2 Å². The van der Waals surface area contributed by atoms with E-state index in [9.17, 15) is 18.0 Å². The van der Waals surface area contributed by atoms with Crippen LogP contribution in [-0.4, -0.2) is 33.9 Å². The Hall–Kier alpha value is -2.84. The first-order chi connectivity index (χ1) is 11.7. The summed E-state index contributed by atoms with van der Waals surface area (Å²) in [5.41, 5.74) is -0.531. The molecule has 0 amide bonds. The molecule has 0 N–H and O–H groups in total. The van der Waals surface area contributed by atoms with Crippen molar-refractivity contribution in [3.63, 3.8) is 0 Å². The van der Waals surface area contributed by atoms with Gasteiger partial charge < -0.3 is 9.47 Å². The molecule has 25 heavy (non-hydrogen) atoms. The molecule has 9 heteroatoms. The molecule has 0 unspecified atom stereocenters. The van der Waals surface area contributed by atoms with Gasteiger partial charge in [0.05, 0.1) is 24.3 Å². The molecule has 1 aromatic carbocycles. The highest BCUT2D eigenvalue weighted by molar-refractivity contribution is 5.85. The Labute approximate surface area is 141 Å². The SMILES string of the molecule is COc1cc(C(F)(F)F)ccc1-c1ncn(C=CC(=O)OC(C)C)n1. The van der Waals surface area contributed by atoms with Crippen molar-refractivity contribution in [3.05, 3.63) is 36.2 Å². The van der Waals surface area contributed by atoms with Crippen molar-refractivity contribution in [1.29, 1.82) is 0 Å². The van der Waals surface area contributed by atoms with Crippen molar-refractivity contribution in [2.24, 2.45) is 0 Å². The van der Waals surface area contributed by atoms with E-state index in [0.29, 0.717) is 5.56 Å². The number of rotatable bonds is 5. The Balaban J connectivity index is 2.25. The molecule has 1 aromatic heterocycles. The minimum Gasteiger partial charge on any atom is -0.496 e. The normalized spacial score (nSPS) is 12.0. The summed E-state index contributed by atoms with van der Waals surface area (Å²) in [6.45, 7) is 3.44. The van der Waals surface area contributed by atoms with Crippen LogP contribution in [0, 0.1) is 0 Å². The predicted octanol–water partition coefficient (Wildman–Crippen LogP) is 3.39. The van der Waals surface area contributed by atoms with Crippen LogP contribution in [0.5, 0.6) is 5.75 Å². The number of esters is 1. The maximum atomic E-state index is 12.8. The van der Waals surface area contributed by atoms with Crippen molar-refractivity contribution in [2.45, 2.75) is 26.1 Å². The van der Waals surface area contributed by atoms with Gasteiger partial charge in [-0.1, -0.05) is 0 Å². The van der Waals surface area contributed by atoms with Crippen LogP contribution in [0.4, 0.5) is 13.2 Å². The number of aromatic nitrogens is 3. The molecule has 2 rings (SSSR count). The number of hydrogen-bond acceptors (Lipinski definition) is 5. The van der Waals surface area contributed by atoms with Gasteiger partial charge in [0, 0.05) is 12.3 Å². The van der Waals surface area contributed by atoms with Crippen molar-refractivity contribution >= 4 is 12.2 Å². The lowest BCUT2D eigenvalue weighted by atomic mass is 10.1. The van der Waals surface area contributed by atoms with Gasteiger partial charge >= 0.3 is 12.1 Å². The van der Waals surface area contributed by atoms with Crippen molar-refractivity contribution in [2.75, 3.05) is 7.11 Å². The smallest absolute Gasteiger partial charge is 0.416 e. The molecule has 0 spiro atoms. The first-order valence-electron chi connectivity index (χ1n) is 7.26. The third-order valence-electron chi connectivity index (χ3n) is 2.99. The number of nitrogens with zero attached hydrogens (tertiary/aromatic N) is 3. The highest BCUT2D eigenvalue weighted by Gasteiger charge is 2.31. The fourth-order valence-electron chi connectivity index (χ4n) is 1.93. The van der Waals surface area contributed by atoms with Crippen LogP contribution in [0.2, 0.25) is 0 Å². The molecule has 0 saturated heterocycles. The number of hydrogen-bond donors (Lipinski definition) is 0. The van der Waals surface area contributed by atoms with E-state index in [1.807, 2.05) is 0 Å². The van der Waals surface area contributed by atoms with E-state index in [4.69, 9.17) is 9.47 Å². The number of carbonyl (C=O) groups excluding carboxylic acids is 1. The zero-order valence-electron chi connectivity index (χ0n) is 13.7. The summed E-state index contributed by atoms with van der Waals surface area (Å²) in [7, 11) is 1.26. The first-order valence-corrected chi connectivity index (χ1v) is 7.26. The third kappa shape index (κ3) is 4.82. The van der Waals surface area contributed by atoms with Crippen LogP contribution < -0.4 is 4.74 Å². The summed E-state index contributed by atoms with van der Waals surface area (Å²) in [6, 6.07) is 3.04. The van der Waals surface area contributed by atoms with Crippen LogP contribution in [0.3, 0.4) is 0 Å². The second-order valence-corrected chi connectivity index (χ2v) is 5.26. The molecule has 0 aliphatic rings. The molecule has 0 fully saturated rings. The lowest BCUT2D eigenvalue weighted by molar-refractivity contribution is -0.141. The van der Waals surface area contributed by atoms with Crippen molar-refractivity contribution in [1.82, 2.24) is 14.8 Å². The zero-order chi connectivity index (χ0) is 18.6. The van der Waals surface area contributed by atoms with Gasteiger partial charge in [-0.3, -0.25) is 0 Å². The second-order valence-electron chi connectivity index (χ2n) is 5.26. The minimum absolute atomic E-state index is 0.00391. The first kappa shape index (κ1) is 18.5. The Morgan fingerprint density at radius 2 is 2.04 bits per heavy atom. The molecule has 0 aliphatic heterocycles. The zero-order valence-corrected chi connectivity index (χ0v) is 13.7. The van der Waals surface area contributed by atoms with Gasteiger partial charge in [-0.15, -0.1) is 5.10 Å². The summed E-state index contributed by atoms with van der Waals surface area (Å²) in [4.78, 5) is 15.5. The molecule has 0 saturated carbocycles. The highest BCUT2D eigenvalue weighted by Crippen LogP contribution is 2.35. The number of methoxy groups -OCH3 is 1. The van der Waals surface area contributed by atoms with E-state index < -0.39 is 17.7 Å². The molecule has 0 bridgehead atoms. The molecule has 134 valence electrons. The predicted molar refractivity (Wildman–Crippen MR) is 83.6 cm³/mol. The lowest BCUT2D eigenvalue weighted by Gasteiger charge is -2.10. The third-order valence-corrected chi connectivity index (χ3v) is 2.99. The van der Waals surface area contributed by atoms with Crippen LogP contribution >= 0.6 is 0 Å². The average Bonchev–Trinajstić information content (AvgIpc) is 2.99. The summed E-state index contributed by atoms with van der Waals surface area (Å²) >= 11 is 0. The Kier molecular flexibility index (Phi) is 5.45. The number of carbonyl (C=O) groups is 1. The van der Waals surface area contributed by atoms with Gasteiger partial charge in [0.25, 0.3) is 0 Å². The summed E-state index contributed by atoms with van der Waals surface area (Å²) in [6.07, 6.45) is -0.913. The Morgan fingerprint density at radius 3 is 2.64 bits per heavy atom. The molecule has 6 nitrogen and oxygen atoms in total. The molecule has 0 aliphatic carbocycles. The number of benzene rings is 1. The number of alkyl halides is 3. The monoisotopic (exact) mass is 355 g/mol. The Bertz CT molecular complexity index is 782. The van der Waals surface area contributed by atoms with E-state index in [-0.39, 0.29) is 17.7 Å². The van der Waals surface area contributed by atoms with Gasteiger partial charge in [0.2, 0.25) is 0 Å². The van der Waals surface area contributed by atoms with Gasteiger partial charge in [-0.05, 0) is 32.0 Å². The fraction of sp³-hybridized carbons (Fsp3) is 0.312. The second kappa shape index (κ2) is 7.37. The van der Waals surface area contributed by atoms with E-state index >= 15 is 0 Å². The summed E-state index contributed by atoms with van der Waals surface area (Å²) < 4.78 is 49.5.